The third-order valence-corrected chi connectivity index (χ3v) is 7.99. The maximum absolute atomic E-state index is 10.3. The molecule has 0 amide bonds. The lowest BCUT2D eigenvalue weighted by Crippen LogP contribution is -2.38. The Morgan fingerprint density at radius 3 is 2.84 bits per heavy atom. The molecule has 0 radical (unpaired) electrons. The van der Waals surface area contributed by atoms with Crippen molar-refractivity contribution in [2.75, 3.05) is 38.2 Å². The number of hydrogen-bond donors (Lipinski definition) is 2. The van der Waals surface area contributed by atoms with Crippen molar-refractivity contribution in [1.29, 1.82) is 0 Å². The second kappa shape index (κ2) is 11.1. The van der Waals surface area contributed by atoms with Gasteiger partial charge in [-0.25, -0.2) is 4.98 Å². The van der Waals surface area contributed by atoms with Crippen LogP contribution in [0.5, 0.6) is 11.5 Å². The zero-order chi connectivity index (χ0) is 25.0. The second-order valence-corrected chi connectivity index (χ2v) is 10.7. The quantitative estimate of drug-likeness (QED) is 0.353. The summed E-state index contributed by atoms with van der Waals surface area (Å²) in [5.41, 5.74) is 2.71. The fraction of sp³-hybridized carbons (Fsp3) is 0.444. The number of nitrogens with zero attached hydrogens (tertiary/aromatic N) is 5. The van der Waals surface area contributed by atoms with Gasteiger partial charge in [0.2, 0.25) is 0 Å². The number of thiazole rings is 1. The minimum Gasteiger partial charge on any atom is -0.457 e. The highest BCUT2D eigenvalue weighted by Gasteiger charge is 2.23. The first kappa shape index (κ1) is 24.3. The van der Waals surface area contributed by atoms with Crippen LogP contribution < -0.4 is 10.1 Å². The Kier molecular flexibility index (Phi) is 7.31. The maximum atomic E-state index is 10.3. The number of pyridine rings is 1. The number of nitrogens with one attached hydrogen (secondary N) is 1. The molecule has 0 unspecified atom stereocenters. The van der Waals surface area contributed by atoms with Gasteiger partial charge in [0, 0.05) is 49.7 Å². The molecule has 1 saturated heterocycles. The number of hydrogen-bond acceptors (Lipinski definition) is 9. The number of aromatic nitrogens is 4. The molecular formula is C27H32N6O3S. The van der Waals surface area contributed by atoms with Crippen molar-refractivity contribution < 1.29 is 14.6 Å². The minimum absolute atomic E-state index is 0.0731. The fourth-order valence-electron chi connectivity index (χ4n) is 4.92. The summed E-state index contributed by atoms with van der Waals surface area (Å²) in [6.07, 6.45) is 9.40. The first-order valence-electron chi connectivity index (χ1n) is 13.0. The van der Waals surface area contributed by atoms with E-state index in [9.17, 15) is 5.11 Å². The number of aliphatic hydroxyl groups excluding tert-OH is 1. The van der Waals surface area contributed by atoms with Crippen LogP contribution in [0.2, 0.25) is 0 Å². The average Bonchev–Trinajstić information content (AvgIpc) is 3.56. The van der Waals surface area contributed by atoms with Crippen LogP contribution in [0.3, 0.4) is 0 Å². The summed E-state index contributed by atoms with van der Waals surface area (Å²) in [4.78, 5) is 11.6. The first-order chi connectivity index (χ1) is 18.2. The normalized spacial score (nSPS) is 20.8. The molecule has 2 fully saturated rings. The van der Waals surface area contributed by atoms with Crippen LogP contribution in [-0.2, 0) is 11.3 Å². The van der Waals surface area contributed by atoms with E-state index >= 15 is 0 Å². The molecule has 2 aliphatic rings. The van der Waals surface area contributed by atoms with Crippen molar-refractivity contribution in [2.24, 2.45) is 0 Å². The lowest BCUT2D eigenvalue weighted by Gasteiger charge is -2.27. The number of morpholine rings is 1. The third kappa shape index (κ3) is 5.93. The van der Waals surface area contributed by atoms with Crippen molar-refractivity contribution >= 4 is 26.7 Å². The van der Waals surface area contributed by atoms with E-state index in [2.05, 4.69) is 20.3 Å². The number of rotatable bonds is 8. The van der Waals surface area contributed by atoms with Gasteiger partial charge >= 0.3 is 0 Å². The Morgan fingerprint density at radius 1 is 1.08 bits per heavy atom. The zero-order valence-electron chi connectivity index (χ0n) is 20.8. The summed E-state index contributed by atoms with van der Waals surface area (Å²) in [6.45, 7) is 5.36. The summed E-state index contributed by atoms with van der Waals surface area (Å²) in [6, 6.07) is 9.80. The molecule has 1 saturated carbocycles. The lowest BCUT2D eigenvalue weighted by molar-refractivity contribution is 0.0360. The predicted octanol–water partition coefficient (Wildman–Crippen LogP) is 4.39. The molecule has 1 aromatic carbocycles. The van der Waals surface area contributed by atoms with Gasteiger partial charge in [-0.1, -0.05) is 24.2 Å². The molecule has 194 valence electrons. The highest BCUT2D eigenvalue weighted by atomic mass is 32.1. The van der Waals surface area contributed by atoms with Crippen LogP contribution in [0.15, 0.2) is 48.9 Å². The van der Waals surface area contributed by atoms with Gasteiger partial charge in [-0.05, 0) is 31.0 Å². The lowest BCUT2D eigenvalue weighted by atomic mass is 9.93. The van der Waals surface area contributed by atoms with Crippen molar-refractivity contribution in [2.45, 2.75) is 44.4 Å². The smallest absolute Gasteiger partial charge is 0.184 e. The average molecular weight is 521 g/mol. The van der Waals surface area contributed by atoms with Gasteiger partial charge in [-0.2, -0.15) is 5.10 Å². The molecule has 6 rings (SSSR count). The van der Waals surface area contributed by atoms with E-state index in [4.69, 9.17) is 14.5 Å². The SMILES string of the molecule is O[C@@H]1CCCC[C@H]1Nc1nc2ccc(Oc3ccnc(-c4cnn(CCN5CCOCC5)c4)c3)cc2s1. The van der Waals surface area contributed by atoms with Crippen LogP contribution in [0, 0.1) is 0 Å². The molecule has 0 spiro atoms. The maximum Gasteiger partial charge on any atom is 0.184 e. The van der Waals surface area contributed by atoms with Crippen molar-refractivity contribution in [3.05, 3.63) is 48.9 Å². The van der Waals surface area contributed by atoms with E-state index in [0.717, 1.165) is 103 Å². The molecule has 2 N–H and O–H groups in total. The molecule has 3 aromatic heterocycles. The molecule has 0 bridgehead atoms. The van der Waals surface area contributed by atoms with Crippen LogP contribution in [-0.4, -0.2) is 74.7 Å². The van der Waals surface area contributed by atoms with Crippen LogP contribution in [0.4, 0.5) is 5.13 Å². The Morgan fingerprint density at radius 2 is 1.95 bits per heavy atom. The highest BCUT2D eigenvalue weighted by molar-refractivity contribution is 7.22. The molecule has 4 heterocycles. The minimum atomic E-state index is -0.308. The number of anilines is 1. The van der Waals surface area contributed by atoms with Crippen LogP contribution >= 0.6 is 11.3 Å². The number of ether oxygens (including phenoxy) is 2. The van der Waals surface area contributed by atoms with E-state index in [-0.39, 0.29) is 12.1 Å². The van der Waals surface area contributed by atoms with Gasteiger partial charge < -0.3 is 19.9 Å². The second-order valence-electron chi connectivity index (χ2n) is 9.68. The number of aliphatic hydroxyl groups is 1. The largest absolute Gasteiger partial charge is 0.457 e. The summed E-state index contributed by atoms with van der Waals surface area (Å²) in [5.74, 6) is 1.47. The van der Waals surface area contributed by atoms with Gasteiger partial charge in [0.15, 0.2) is 5.13 Å². The Labute approximate surface area is 220 Å². The number of benzene rings is 1. The topological polar surface area (TPSA) is 97.6 Å². The zero-order valence-corrected chi connectivity index (χ0v) is 21.6. The van der Waals surface area contributed by atoms with Crippen molar-refractivity contribution in [3.63, 3.8) is 0 Å². The summed E-state index contributed by atoms with van der Waals surface area (Å²) < 4.78 is 14.6. The van der Waals surface area contributed by atoms with Gasteiger partial charge in [0.1, 0.15) is 11.5 Å². The monoisotopic (exact) mass is 520 g/mol. The molecule has 10 heteroatoms. The van der Waals surface area contributed by atoms with E-state index in [0.29, 0.717) is 0 Å². The number of fused-ring (bicyclic) bond motifs is 1. The molecule has 4 aromatic rings. The Bertz CT molecular complexity index is 1330. The predicted molar refractivity (Wildman–Crippen MR) is 144 cm³/mol. The van der Waals surface area contributed by atoms with E-state index in [1.54, 1.807) is 17.5 Å². The van der Waals surface area contributed by atoms with Gasteiger partial charge in [-0.15, -0.1) is 0 Å². The summed E-state index contributed by atoms with van der Waals surface area (Å²) >= 11 is 1.59. The van der Waals surface area contributed by atoms with Crippen molar-refractivity contribution in [3.8, 4) is 22.8 Å². The van der Waals surface area contributed by atoms with E-state index in [1.165, 1.54) is 0 Å². The highest BCUT2D eigenvalue weighted by Crippen LogP contribution is 2.33. The van der Waals surface area contributed by atoms with Crippen LogP contribution in [0.1, 0.15) is 25.7 Å². The molecule has 1 aliphatic carbocycles. The Balaban J connectivity index is 1.11. The molecule has 9 nitrogen and oxygen atoms in total. The molecule has 1 aliphatic heterocycles. The standard InChI is InChI=1S/C27H32N6O3S/c34-25-4-2-1-3-22(25)30-27-31-23-6-5-20(16-26(23)37-27)36-21-7-8-28-24(15-21)19-17-29-33(18-19)10-9-32-11-13-35-14-12-32/h5-8,15-18,22,25,34H,1-4,9-14H2,(H,30,31)/t22-,25-/m1/s1. The van der Waals surface area contributed by atoms with E-state index in [1.807, 2.05) is 47.4 Å². The Hall–Kier alpha value is -3.05. The van der Waals surface area contributed by atoms with E-state index < -0.39 is 0 Å². The van der Waals surface area contributed by atoms with Crippen molar-refractivity contribution in [1.82, 2.24) is 24.6 Å². The van der Waals surface area contributed by atoms with Gasteiger partial charge in [-0.3, -0.25) is 14.6 Å². The molecule has 37 heavy (non-hydrogen) atoms. The summed E-state index contributed by atoms with van der Waals surface area (Å²) in [7, 11) is 0. The fourth-order valence-corrected chi connectivity index (χ4v) is 5.88. The van der Waals surface area contributed by atoms with Gasteiger partial charge in [0.25, 0.3) is 0 Å². The van der Waals surface area contributed by atoms with Gasteiger partial charge in [0.05, 0.1) is 54.0 Å². The third-order valence-electron chi connectivity index (χ3n) is 7.04. The van der Waals surface area contributed by atoms with Crippen LogP contribution in [0.25, 0.3) is 21.5 Å². The summed E-state index contributed by atoms with van der Waals surface area (Å²) in [5, 5.41) is 19.1. The molecule has 2 atom stereocenters. The molecular weight excluding hydrogens is 488 g/mol. The first-order valence-corrected chi connectivity index (χ1v) is 13.8.